The molecular formula is C23H30F3N3O3S2. The molecule has 3 rings (SSSR count). The molecule has 0 amide bonds. The van der Waals surface area contributed by atoms with Crippen LogP contribution < -0.4 is 10.2 Å². The molecule has 0 aromatic heterocycles. The number of hydrogen-bond donors (Lipinski definition) is 3. The maximum Gasteiger partial charge on any atom is 0.421 e. The molecule has 0 saturated carbocycles. The summed E-state index contributed by atoms with van der Waals surface area (Å²) in [6.07, 6.45) is -4.80. The highest BCUT2D eigenvalue weighted by molar-refractivity contribution is 7.90. The number of nitrogens with one attached hydrogen (secondary N) is 1. The molecule has 34 heavy (non-hydrogen) atoms. The van der Waals surface area contributed by atoms with Gasteiger partial charge >= 0.3 is 6.18 Å². The lowest BCUT2D eigenvalue weighted by Crippen LogP contribution is -2.58. The summed E-state index contributed by atoms with van der Waals surface area (Å²) in [4.78, 5) is 2.50. The van der Waals surface area contributed by atoms with Crippen molar-refractivity contribution in [2.75, 3.05) is 31.1 Å². The van der Waals surface area contributed by atoms with Gasteiger partial charge in [0.1, 0.15) is 0 Å². The molecule has 188 valence electrons. The van der Waals surface area contributed by atoms with Crippen molar-refractivity contribution in [3.63, 3.8) is 0 Å². The third-order valence-electron chi connectivity index (χ3n) is 6.00. The fraction of sp³-hybridized carbons (Fsp3) is 0.478. The summed E-state index contributed by atoms with van der Waals surface area (Å²) in [6, 6.07) is 12.0. The summed E-state index contributed by atoms with van der Waals surface area (Å²) in [7, 11) is -3.77. The zero-order valence-corrected chi connectivity index (χ0v) is 21.0. The molecule has 1 unspecified atom stereocenters. The lowest BCUT2D eigenvalue weighted by Gasteiger charge is -2.42. The number of benzene rings is 2. The Balaban J connectivity index is 1.87. The average molecular weight is 518 g/mol. The molecule has 6 nitrogen and oxygen atoms in total. The minimum Gasteiger partial charge on any atom is -0.376 e. The monoisotopic (exact) mass is 517 g/mol. The summed E-state index contributed by atoms with van der Waals surface area (Å²) < 4.78 is 67.6. The Labute approximate surface area is 204 Å². The van der Waals surface area contributed by atoms with Crippen LogP contribution in [0.4, 0.5) is 18.9 Å². The Morgan fingerprint density at radius 1 is 1.12 bits per heavy atom. The van der Waals surface area contributed by atoms with E-state index in [9.17, 15) is 26.7 Å². The quantitative estimate of drug-likeness (QED) is 0.490. The number of sulfonamides is 1. The van der Waals surface area contributed by atoms with E-state index >= 15 is 0 Å². The van der Waals surface area contributed by atoms with Crippen LogP contribution in [0.1, 0.15) is 26.3 Å². The highest BCUT2D eigenvalue weighted by Crippen LogP contribution is 2.39. The molecule has 0 bridgehead atoms. The van der Waals surface area contributed by atoms with E-state index in [1.54, 1.807) is 18.2 Å². The normalized spacial score (nSPS) is 19.9. The topological polar surface area (TPSA) is 72.9 Å². The second-order valence-electron chi connectivity index (χ2n) is 8.86. The van der Waals surface area contributed by atoms with Crippen molar-refractivity contribution in [1.82, 2.24) is 9.62 Å². The van der Waals surface area contributed by atoms with Gasteiger partial charge in [0, 0.05) is 42.8 Å². The fourth-order valence-corrected chi connectivity index (χ4v) is 5.95. The number of halogens is 3. The van der Waals surface area contributed by atoms with Crippen molar-refractivity contribution in [1.29, 1.82) is 0 Å². The van der Waals surface area contributed by atoms with Gasteiger partial charge in [-0.3, -0.25) is 0 Å². The molecule has 0 aliphatic carbocycles. The van der Waals surface area contributed by atoms with Gasteiger partial charge in [-0.1, -0.05) is 38.1 Å². The second kappa shape index (κ2) is 10.1. The zero-order valence-electron chi connectivity index (χ0n) is 19.2. The molecule has 1 aliphatic heterocycles. The predicted molar refractivity (Wildman–Crippen MR) is 129 cm³/mol. The average Bonchev–Trinajstić information content (AvgIpc) is 2.77. The number of rotatable bonds is 7. The van der Waals surface area contributed by atoms with Gasteiger partial charge < -0.3 is 15.3 Å². The third kappa shape index (κ3) is 5.54. The number of alkyl halides is 3. The summed E-state index contributed by atoms with van der Waals surface area (Å²) in [5, 5.41) is 13.3. The minimum absolute atomic E-state index is 0.140. The first-order chi connectivity index (χ1) is 15.7. The van der Waals surface area contributed by atoms with Gasteiger partial charge in [0.2, 0.25) is 10.0 Å². The number of thiol groups is 1. The fourth-order valence-electron chi connectivity index (χ4n) is 3.89. The van der Waals surface area contributed by atoms with Gasteiger partial charge in [0.25, 0.3) is 0 Å². The van der Waals surface area contributed by atoms with Crippen molar-refractivity contribution < 1.29 is 26.7 Å². The van der Waals surface area contributed by atoms with Gasteiger partial charge in [0.15, 0.2) is 5.60 Å². The van der Waals surface area contributed by atoms with Crippen LogP contribution in [0.5, 0.6) is 0 Å². The van der Waals surface area contributed by atoms with E-state index in [1.807, 2.05) is 18.7 Å². The second-order valence-corrected chi connectivity index (χ2v) is 11.2. The molecule has 2 atom stereocenters. The summed E-state index contributed by atoms with van der Waals surface area (Å²) >= 11 is 4.30. The van der Waals surface area contributed by atoms with Gasteiger partial charge in [-0.15, -0.1) is 12.6 Å². The van der Waals surface area contributed by atoms with Crippen LogP contribution in [-0.2, 0) is 15.6 Å². The van der Waals surface area contributed by atoms with Crippen molar-refractivity contribution in [2.45, 2.75) is 54.4 Å². The van der Waals surface area contributed by atoms with E-state index in [2.05, 4.69) is 17.9 Å². The highest BCUT2D eigenvalue weighted by atomic mass is 32.2. The Morgan fingerprint density at radius 2 is 1.74 bits per heavy atom. The summed E-state index contributed by atoms with van der Waals surface area (Å²) in [6.45, 7) is 5.93. The van der Waals surface area contributed by atoms with E-state index in [0.717, 1.165) is 6.92 Å². The molecule has 11 heteroatoms. The predicted octanol–water partition coefficient (Wildman–Crippen LogP) is 3.62. The van der Waals surface area contributed by atoms with Gasteiger partial charge in [-0.25, -0.2) is 8.42 Å². The van der Waals surface area contributed by atoms with Crippen LogP contribution in [-0.4, -0.2) is 62.3 Å². The first-order valence-corrected chi connectivity index (χ1v) is 12.8. The van der Waals surface area contributed by atoms with Crippen LogP contribution in [0.25, 0.3) is 0 Å². The number of hydrogen-bond acceptors (Lipinski definition) is 6. The number of nitrogens with zero attached hydrogens (tertiary/aromatic N) is 2. The van der Waals surface area contributed by atoms with Crippen molar-refractivity contribution in [2.24, 2.45) is 0 Å². The molecule has 1 heterocycles. The van der Waals surface area contributed by atoms with E-state index in [4.69, 9.17) is 0 Å². The first kappa shape index (κ1) is 26.8. The van der Waals surface area contributed by atoms with Gasteiger partial charge in [-0.2, -0.15) is 17.5 Å². The molecule has 1 aliphatic rings. The molecule has 1 saturated heterocycles. The Kier molecular flexibility index (Phi) is 7.93. The standard InChI is InChI=1S/C23H30F3N3O3S2/c1-16(2)27-14-19-15-28(34(31,32)21-7-5-4-6-20(21)33)12-13-29(19)18-10-8-17(9-11-18)22(3,30)23(24,25)26/h4-11,16,19,27,30,33H,12-15H2,1-3H3/t19-,22?/m0/s1. The summed E-state index contributed by atoms with van der Waals surface area (Å²) in [5.41, 5.74) is -2.56. The number of anilines is 1. The van der Waals surface area contributed by atoms with E-state index in [0.29, 0.717) is 23.7 Å². The molecular weight excluding hydrogens is 487 g/mol. The van der Waals surface area contributed by atoms with Crippen molar-refractivity contribution in [3.05, 3.63) is 54.1 Å². The van der Waals surface area contributed by atoms with Crippen molar-refractivity contribution >= 4 is 28.3 Å². The minimum atomic E-state index is -4.80. The lowest BCUT2D eigenvalue weighted by molar-refractivity contribution is -0.258. The first-order valence-electron chi connectivity index (χ1n) is 10.9. The van der Waals surface area contributed by atoms with Crippen LogP contribution in [0.3, 0.4) is 0 Å². The molecule has 0 radical (unpaired) electrons. The maximum absolute atomic E-state index is 13.3. The SMILES string of the molecule is CC(C)NC[C@H]1CN(S(=O)(=O)c2ccccc2S)CCN1c1ccc(C(C)(O)C(F)(F)F)cc1. The third-order valence-corrected chi connectivity index (χ3v) is 8.47. The summed E-state index contributed by atoms with van der Waals surface area (Å²) in [5.74, 6) is 0. The Hall–Kier alpha value is -1.79. The van der Waals surface area contributed by atoms with E-state index in [1.165, 1.54) is 34.6 Å². The van der Waals surface area contributed by atoms with Crippen LogP contribution in [0, 0.1) is 0 Å². The highest BCUT2D eigenvalue weighted by Gasteiger charge is 2.51. The zero-order chi connectivity index (χ0) is 25.3. The molecule has 2 N–H and O–H groups in total. The van der Waals surface area contributed by atoms with Crippen LogP contribution in [0.15, 0.2) is 58.3 Å². The number of aliphatic hydroxyl groups is 1. The van der Waals surface area contributed by atoms with Crippen LogP contribution >= 0.6 is 12.6 Å². The Bertz CT molecular complexity index is 1090. The van der Waals surface area contributed by atoms with Gasteiger partial charge in [-0.05, 0) is 36.8 Å². The number of piperazine rings is 1. The molecule has 2 aromatic rings. The van der Waals surface area contributed by atoms with Gasteiger partial charge in [0.05, 0.1) is 10.9 Å². The van der Waals surface area contributed by atoms with Crippen LogP contribution in [0.2, 0.25) is 0 Å². The molecule has 0 spiro atoms. The smallest absolute Gasteiger partial charge is 0.376 e. The van der Waals surface area contributed by atoms with E-state index < -0.39 is 21.8 Å². The maximum atomic E-state index is 13.3. The largest absolute Gasteiger partial charge is 0.421 e. The molecule has 1 fully saturated rings. The van der Waals surface area contributed by atoms with E-state index in [-0.39, 0.29) is 35.6 Å². The molecule has 2 aromatic carbocycles. The lowest BCUT2D eigenvalue weighted by atomic mass is 9.95. The van der Waals surface area contributed by atoms with Crippen molar-refractivity contribution in [3.8, 4) is 0 Å². The Morgan fingerprint density at radius 3 is 2.29 bits per heavy atom.